The molecule has 88 valence electrons. The summed E-state index contributed by atoms with van der Waals surface area (Å²) < 4.78 is 0. The Bertz CT molecular complexity index is 526. The van der Waals surface area contributed by atoms with E-state index in [-0.39, 0.29) is 10.6 Å². The molecular formula is C11H11N3O2S. The molecule has 6 heteroatoms. The van der Waals surface area contributed by atoms with Gasteiger partial charge in [-0.25, -0.2) is 4.98 Å². The molecule has 0 aliphatic heterocycles. The van der Waals surface area contributed by atoms with Crippen LogP contribution in [-0.2, 0) is 6.54 Å². The average Bonchev–Trinajstić information content (AvgIpc) is 2.80. The largest absolute Gasteiger partial charge is 0.373 e. The van der Waals surface area contributed by atoms with Crippen LogP contribution in [-0.4, -0.2) is 9.91 Å². The highest BCUT2D eigenvalue weighted by Gasteiger charge is 2.15. The number of aryl methyl sites for hydroxylation is 1. The van der Waals surface area contributed by atoms with E-state index in [4.69, 9.17) is 0 Å². The zero-order chi connectivity index (χ0) is 12.3. The standard InChI is InChI=1S/C11H11N3O2S/c1-8-3-2-4-9(14(15)16)11(8)13-7-10-12-5-6-17-10/h2-6,13H,7H2,1H3. The third-order valence-corrected chi connectivity index (χ3v) is 3.13. The summed E-state index contributed by atoms with van der Waals surface area (Å²) in [5.41, 5.74) is 1.52. The molecule has 2 aromatic rings. The molecule has 1 aromatic carbocycles. The molecule has 0 bridgehead atoms. The Labute approximate surface area is 102 Å². The fraction of sp³-hybridized carbons (Fsp3) is 0.182. The first-order valence-corrected chi connectivity index (χ1v) is 5.92. The second-order valence-electron chi connectivity index (χ2n) is 3.51. The molecule has 1 N–H and O–H groups in total. The Kier molecular flexibility index (Phi) is 3.34. The van der Waals surface area contributed by atoms with Gasteiger partial charge < -0.3 is 5.32 Å². The fourth-order valence-electron chi connectivity index (χ4n) is 1.54. The summed E-state index contributed by atoms with van der Waals surface area (Å²) in [6.07, 6.45) is 1.72. The number of nitro benzene ring substituents is 1. The Morgan fingerprint density at radius 3 is 3.00 bits per heavy atom. The number of hydrogen-bond donors (Lipinski definition) is 1. The number of aromatic nitrogens is 1. The highest BCUT2D eigenvalue weighted by molar-refractivity contribution is 7.09. The smallest absolute Gasteiger partial charge is 0.292 e. The number of para-hydroxylation sites is 1. The number of nitro groups is 1. The third-order valence-electron chi connectivity index (χ3n) is 2.35. The minimum absolute atomic E-state index is 0.0987. The van der Waals surface area contributed by atoms with Crippen LogP contribution in [0.25, 0.3) is 0 Å². The second kappa shape index (κ2) is 4.92. The maximum Gasteiger partial charge on any atom is 0.292 e. The Balaban J connectivity index is 2.22. The first kappa shape index (κ1) is 11.5. The molecule has 0 saturated heterocycles. The Morgan fingerprint density at radius 2 is 2.35 bits per heavy atom. The molecule has 1 aromatic heterocycles. The van der Waals surface area contributed by atoms with E-state index < -0.39 is 0 Å². The molecule has 0 saturated carbocycles. The topological polar surface area (TPSA) is 68.1 Å². The van der Waals surface area contributed by atoms with Crippen LogP contribution in [0.4, 0.5) is 11.4 Å². The van der Waals surface area contributed by atoms with Crippen LogP contribution >= 0.6 is 11.3 Å². The first-order valence-electron chi connectivity index (χ1n) is 5.04. The lowest BCUT2D eigenvalue weighted by molar-refractivity contribution is -0.384. The Hall–Kier alpha value is -1.95. The van der Waals surface area contributed by atoms with Crippen LogP contribution in [0, 0.1) is 17.0 Å². The average molecular weight is 249 g/mol. The van der Waals surface area contributed by atoms with E-state index in [1.54, 1.807) is 12.3 Å². The van der Waals surface area contributed by atoms with Crippen LogP contribution in [0.1, 0.15) is 10.6 Å². The van der Waals surface area contributed by atoms with E-state index >= 15 is 0 Å². The Morgan fingerprint density at radius 1 is 1.53 bits per heavy atom. The predicted molar refractivity (Wildman–Crippen MR) is 67.3 cm³/mol. The number of thiazole rings is 1. The second-order valence-corrected chi connectivity index (χ2v) is 4.48. The SMILES string of the molecule is Cc1cccc([N+](=O)[O-])c1NCc1nccs1. The van der Waals surface area contributed by atoms with Crippen molar-refractivity contribution in [3.05, 3.63) is 50.5 Å². The molecule has 0 spiro atoms. The van der Waals surface area contributed by atoms with Crippen molar-refractivity contribution in [3.63, 3.8) is 0 Å². The maximum atomic E-state index is 10.9. The van der Waals surface area contributed by atoms with E-state index in [2.05, 4.69) is 10.3 Å². The summed E-state index contributed by atoms with van der Waals surface area (Å²) in [6, 6.07) is 5.02. The van der Waals surface area contributed by atoms with Gasteiger partial charge in [0.05, 0.1) is 11.5 Å². The van der Waals surface area contributed by atoms with Crippen molar-refractivity contribution < 1.29 is 4.92 Å². The van der Waals surface area contributed by atoms with E-state index in [1.165, 1.54) is 17.4 Å². The molecule has 0 aliphatic carbocycles. The number of benzene rings is 1. The molecular weight excluding hydrogens is 238 g/mol. The molecule has 0 radical (unpaired) electrons. The summed E-state index contributed by atoms with van der Waals surface area (Å²) in [5, 5.41) is 16.7. The molecule has 2 rings (SSSR count). The zero-order valence-electron chi connectivity index (χ0n) is 9.21. The van der Waals surface area contributed by atoms with Gasteiger partial charge in [0.1, 0.15) is 10.7 Å². The van der Waals surface area contributed by atoms with Gasteiger partial charge in [0, 0.05) is 17.6 Å². The molecule has 17 heavy (non-hydrogen) atoms. The summed E-state index contributed by atoms with van der Waals surface area (Å²) in [5.74, 6) is 0. The van der Waals surface area contributed by atoms with E-state index in [9.17, 15) is 10.1 Å². The summed E-state index contributed by atoms with van der Waals surface area (Å²) >= 11 is 1.52. The highest BCUT2D eigenvalue weighted by Crippen LogP contribution is 2.28. The van der Waals surface area contributed by atoms with Crippen LogP contribution in [0.3, 0.4) is 0 Å². The van der Waals surface area contributed by atoms with Crippen LogP contribution in [0.2, 0.25) is 0 Å². The van der Waals surface area contributed by atoms with Gasteiger partial charge in [0.2, 0.25) is 0 Å². The summed E-state index contributed by atoms with van der Waals surface area (Å²) in [6.45, 7) is 2.35. The van der Waals surface area contributed by atoms with Crippen LogP contribution < -0.4 is 5.32 Å². The van der Waals surface area contributed by atoms with Crippen molar-refractivity contribution in [1.82, 2.24) is 4.98 Å². The molecule has 0 fully saturated rings. The third kappa shape index (κ3) is 2.59. The van der Waals surface area contributed by atoms with Crippen molar-refractivity contribution in [1.29, 1.82) is 0 Å². The van der Waals surface area contributed by atoms with Gasteiger partial charge in [-0.15, -0.1) is 11.3 Å². The van der Waals surface area contributed by atoms with Gasteiger partial charge >= 0.3 is 0 Å². The molecule has 1 heterocycles. The number of rotatable bonds is 4. The minimum atomic E-state index is -0.378. The summed E-state index contributed by atoms with van der Waals surface area (Å²) in [7, 11) is 0. The van der Waals surface area contributed by atoms with Gasteiger partial charge in [-0.1, -0.05) is 12.1 Å². The maximum absolute atomic E-state index is 10.9. The van der Waals surface area contributed by atoms with Gasteiger partial charge in [-0.05, 0) is 12.5 Å². The van der Waals surface area contributed by atoms with E-state index in [0.717, 1.165) is 10.6 Å². The van der Waals surface area contributed by atoms with Crippen molar-refractivity contribution in [2.45, 2.75) is 13.5 Å². The monoisotopic (exact) mass is 249 g/mol. The van der Waals surface area contributed by atoms with Gasteiger partial charge in [0.25, 0.3) is 5.69 Å². The van der Waals surface area contributed by atoms with Crippen LogP contribution in [0.5, 0.6) is 0 Å². The molecule has 0 amide bonds. The molecule has 0 unspecified atom stereocenters. The van der Waals surface area contributed by atoms with Gasteiger partial charge in [-0.3, -0.25) is 10.1 Å². The first-order chi connectivity index (χ1) is 8.18. The van der Waals surface area contributed by atoms with Gasteiger partial charge in [0.15, 0.2) is 0 Å². The van der Waals surface area contributed by atoms with Crippen molar-refractivity contribution in [2.24, 2.45) is 0 Å². The number of anilines is 1. The lowest BCUT2D eigenvalue weighted by Crippen LogP contribution is -2.04. The van der Waals surface area contributed by atoms with Crippen molar-refractivity contribution in [3.8, 4) is 0 Å². The van der Waals surface area contributed by atoms with E-state index in [1.807, 2.05) is 18.4 Å². The fourth-order valence-corrected chi connectivity index (χ4v) is 2.09. The lowest BCUT2D eigenvalue weighted by atomic mass is 10.1. The predicted octanol–water partition coefficient (Wildman–Crippen LogP) is 2.97. The normalized spacial score (nSPS) is 10.2. The molecule has 0 atom stereocenters. The van der Waals surface area contributed by atoms with Crippen molar-refractivity contribution in [2.75, 3.05) is 5.32 Å². The van der Waals surface area contributed by atoms with Crippen LogP contribution in [0.15, 0.2) is 29.8 Å². The molecule has 0 aliphatic rings. The quantitative estimate of drug-likeness (QED) is 0.668. The number of nitrogens with one attached hydrogen (secondary N) is 1. The molecule has 5 nitrogen and oxygen atoms in total. The van der Waals surface area contributed by atoms with E-state index in [0.29, 0.717) is 12.2 Å². The number of hydrogen-bond acceptors (Lipinski definition) is 5. The highest BCUT2D eigenvalue weighted by atomic mass is 32.1. The zero-order valence-corrected chi connectivity index (χ0v) is 10.0. The lowest BCUT2D eigenvalue weighted by Gasteiger charge is -2.08. The number of nitrogens with zero attached hydrogens (tertiary/aromatic N) is 2. The van der Waals surface area contributed by atoms with Crippen molar-refractivity contribution >= 4 is 22.7 Å². The summed E-state index contributed by atoms with van der Waals surface area (Å²) in [4.78, 5) is 14.6. The minimum Gasteiger partial charge on any atom is -0.373 e. The van der Waals surface area contributed by atoms with Gasteiger partial charge in [-0.2, -0.15) is 0 Å².